The maximum atomic E-state index is 14.3. The Hall–Kier alpha value is -3.87. The molecule has 2 aromatic rings. The number of urea groups is 1. The third kappa shape index (κ3) is 5.60. The summed E-state index contributed by atoms with van der Waals surface area (Å²) in [5.41, 5.74) is 7.00. The second-order valence-corrected chi connectivity index (χ2v) is 7.38. The fraction of sp³-hybridized carbons (Fsp3) is 0.333. The number of guanidine groups is 1. The maximum absolute atomic E-state index is 14.3. The van der Waals surface area contributed by atoms with Crippen molar-refractivity contribution in [3.63, 3.8) is 0 Å². The third-order valence-corrected chi connectivity index (χ3v) is 4.66. The summed E-state index contributed by atoms with van der Waals surface area (Å²) in [5.74, 6) is -0.177. The number of carbonyl (C=O) groups is 1. The molecule has 1 aromatic carbocycles. The first-order valence-electron chi connectivity index (χ1n) is 9.69. The number of anilines is 2. The van der Waals surface area contributed by atoms with Gasteiger partial charge < -0.3 is 10.5 Å². The van der Waals surface area contributed by atoms with Gasteiger partial charge in [0.15, 0.2) is 0 Å². The third-order valence-electron chi connectivity index (χ3n) is 4.66. The molecule has 1 aliphatic rings. The number of benzene rings is 1. The number of hydrogen-bond donors (Lipinski definition) is 2. The van der Waals surface area contributed by atoms with Crippen molar-refractivity contribution in [3.8, 4) is 11.9 Å². The number of hydrogen-bond acceptors (Lipinski definition) is 5. The van der Waals surface area contributed by atoms with E-state index in [1.807, 2.05) is 11.8 Å². The lowest BCUT2D eigenvalue weighted by molar-refractivity contribution is 0.212. The molecule has 1 fully saturated rings. The number of primary amides is 1. The van der Waals surface area contributed by atoms with Crippen molar-refractivity contribution in [2.24, 2.45) is 5.73 Å². The smallest absolute Gasteiger partial charge is 0.435 e. The number of carbonyl (C=O) groups excluding carboxylic acids is 1. The van der Waals surface area contributed by atoms with Crippen molar-refractivity contribution in [1.29, 1.82) is 5.41 Å². The molecule has 0 radical (unpaired) electrons. The Morgan fingerprint density at radius 3 is 2.77 bits per heavy atom. The Balaban J connectivity index is 1.76. The zero-order chi connectivity index (χ0) is 22.5. The van der Waals surface area contributed by atoms with Gasteiger partial charge in [-0.25, -0.2) is 9.18 Å². The van der Waals surface area contributed by atoms with E-state index in [-0.39, 0.29) is 23.5 Å². The van der Waals surface area contributed by atoms with E-state index in [0.29, 0.717) is 25.2 Å². The predicted molar refractivity (Wildman–Crippen MR) is 116 cm³/mol. The van der Waals surface area contributed by atoms with E-state index >= 15 is 0 Å². The Morgan fingerprint density at radius 2 is 2.13 bits per heavy atom. The summed E-state index contributed by atoms with van der Waals surface area (Å²) >= 11 is 0. The van der Waals surface area contributed by atoms with Crippen molar-refractivity contribution in [3.05, 3.63) is 52.9 Å². The minimum absolute atomic E-state index is 0.0938. The van der Waals surface area contributed by atoms with Gasteiger partial charge in [0, 0.05) is 38.3 Å². The number of pyridine rings is 1. The molecule has 0 aliphatic carbocycles. The summed E-state index contributed by atoms with van der Waals surface area (Å²) in [6.45, 7) is 2.97. The van der Waals surface area contributed by atoms with Gasteiger partial charge in [-0.05, 0) is 25.1 Å². The number of aryl methyl sites for hydroxylation is 1. The summed E-state index contributed by atoms with van der Waals surface area (Å²) in [6, 6.07) is 6.71. The molecule has 9 nitrogen and oxygen atoms in total. The van der Waals surface area contributed by atoms with Crippen LogP contribution in [0, 0.1) is 24.3 Å². The topological polar surface area (TPSA) is 103 Å². The highest BCUT2D eigenvalue weighted by atomic mass is 19.1. The van der Waals surface area contributed by atoms with E-state index in [1.54, 1.807) is 37.2 Å². The SMILES string of the molecule is Cc1ccc(N(C(N)=O)c2cc(F)cc(O[C@H]3CCN(C#[N+]C(=N)N(C)C)C3)c2)cn1. The number of amides is 2. The minimum Gasteiger partial charge on any atom is -0.487 e. The monoisotopic (exact) mass is 426 g/mol. The van der Waals surface area contributed by atoms with Crippen molar-refractivity contribution >= 4 is 23.4 Å². The number of nitrogens with one attached hydrogen (secondary N) is 1. The van der Waals surface area contributed by atoms with Crippen molar-refractivity contribution in [2.45, 2.75) is 19.4 Å². The lowest BCUT2D eigenvalue weighted by Crippen LogP contribution is -2.31. The second kappa shape index (κ2) is 9.30. The number of aromatic nitrogens is 1. The molecule has 2 heterocycles. The predicted octanol–water partition coefficient (Wildman–Crippen LogP) is 2.99. The molecule has 3 rings (SSSR count). The Morgan fingerprint density at radius 1 is 1.35 bits per heavy atom. The fourth-order valence-corrected chi connectivity index (χ4v) is 3.07. The molecular formula is C21H25FN7O2+. The molecule has 10 heteroatoms. The molecule has 31 heavy (non-hydrogen) atoms. The molecule has 3 N–H and O–H groups in total. The second-order valence-electron chi connectivity index (χ2n) is 7.38. The van der Waals surface area contributed by atoms with E-state index in [4.69, 9.17) is 15.9 Å². The minimum atomic E-state index is -0.761. The van der Waals surface area contributed by atoms with Gasteiger partial charge >= 0.3 is 12.0 Å². The largest absolute Gasteiger partial charge is 0.487 e. The Bertz CT molecular complexity index is 1030. The Kier molecular flexibility index (Phi) is 6.55. The van der Waals surface area contributed by atoms with Crippen LogP contribution in [0.15, 0.2) is 36.5 Å². The van der Waals surface area contributed by atoms with Crippen LogP contribution < -0.4 is 15.4 Å². The van der Waals surface area contributed by atoms with Gasteiger partial charge in [0.05, 0.1) is 30.7 Å². The van der Waals surface area contributed by atoms with Crippen molar-refractivity contribution in [1.82, 2.24) is 14.8 Å². The summed E-state index contributed by atoms with van der Waals surface area (Å²) in [7, 11) is 3.46. The number of rotatable bonds is 4. The van der Waals surface area contributed by atoms with Crippen LogP contribution in [0.3, 0.4) is 0 Å². The van der Waals surface area contributed by atoms with E-state index in [2.05, 4.69) is 16.0 Å². The van der Waals surface area contributed by atoms with Crippen LogP contribution in [0.5, 0.6) is 5.75 Å². The van der Waals surface area contributed by atoms with Gasteiger partial charge in [-0.15, -0.1) is 5.41 Å². The lowest BCUT2D eigenvalue weighted by atomic mass is 10.2. The summed E-state index contributed by atoms with van der Waals surface area (Å²) in [5, 5.41) is 7.69. The standard InChI is InChI=1S/C21H24FN7O2/c1-14-4-5-16(11-25-14)29(21(24)30)17-8-15(22)9-19(10-17)31-18-6-7-28(12-18)13-26-20(23)27(2)3/h4-5,8-11,18,23H,6-7,12H2,1-3H3,(H-,24,30)/p+1/t18-/m0/s1. The number of likely N-dealkylation sites (tertiary alicyclic amines) is 1. The van der Waals surface area contributed by atoms with Gasteiger partial charge in [-0.1, -0.05) is 0 Å². The molecule has 1 saturated heterocycles. The van der Waals surface area contributed by atoms with Gasteiger partial charge in [0.1, 0.15) is 17.7 Å². The van der Waals surface area contributed by atoms with Crippen LogP contribution in [0.2, 0.25) is 0 Å². The molecule has 0 saturated carbocycles. The van der Waals surface area contributed by atoms with E-state index in [9.17, 15) is 9.18 Å². The highest BCUT2D eigenvalue weighted by Crippen LogP contribution is 2.30. The number of ether oxygens (including phenoxy) is 1. The first kappa shape index (κ1) is 21.8. The van der Waals surface area contributed by atoms with Crippen LogP contribution in [0.1, 0.15) is 12.1 Å². The lowest BCUT2D eigenvalue weighted by Gasteiger charge is -2.22. The number of nitrogens with two attached hydrogens (primary N) is 1. The number of halogens is 1. The van der Waals surface area contributed by atoms with Crippen LogP contribution >= 0.6 is 0 Å². The summed E-state index contributed by atoms with van der Waals surface area (Å²) < 4.78 is 20.3. The van der Waals surface area contributed by atoms with Gasteiger partial charge in [0.2, 0.25) is 0 Å². The van der Waals surface area contributed by atoms with Crippen LogP contribution in [0.4, 0.5) is 20.6 Å². The average Bonchev–Trinajstić information content (AvgIpc) is 3.14. The normalized spacial score (nSPS) is 15.1. The average molecular weight is 426 g/mol. The molecule has 1 atom stereocenters. The highest BCUT2D eigenvalue weighted by Gasteiger charge is 2.27. The van der Waals surface area contributed by atoms with Crippen molar-refractivity contribution < 1.29 is 13.9 Å². The molecule has 1 aliphatic heterocycles. The van der Waals surface area contributed by atoms with Crippen LogP contribution in [-0.4, -0.2) is 60.1 Å². The van der Waals surface area contributed by atoms with Crippen molar-refractivity contribution in [2.75, 3.05) is 32.1 Å². The van der Waals surface area contributed by atoms with Gasteiger partial charge in [-0.2, -0.15) is 4.85 Å². The molecular weight excluding hydrogens is 401 g/mol. The first-order chi connectivity index (χ1) is 14.7. The molecule has 0 spiro atoms. The maximum Gasteiger partial charge on any atom is 0.435 e. The molecule has 0 unspecified atom stereocenters. The fourth-order valence-electron chi connectivity index (χ4n) is 3.07. The molecule has 2 amide bonds. The molecule has 0 bridgehead atoms. The quantitative estimate of drug-likeness (QED) is 0.444. The summed E-state index contributed by atoms with van der Waals surface area (Å²) in [6.07, 6.45) is 4.79. The van der Waals surface area contributed by atoms with Crippen LogP contribution in [0.25, 0.3) is 4.85 Å². The van der Waals surface area contributed by atoms with E-state index < -0.39 is 11.8 Å². The highest BCUT2D eigenvalue weighted by molar-refractivity contribution is 5.98. The molecule has 162 valence electrons. The van der Waals surface area contributed by atoms with Gasteiger partial charge in [0.25, 0.3) is 6.19 Å². The van der Waals surface area contributed by atoms with Crippen LogP contribution in [-0.2, 0) is 0 Å². The zero-order valence-corrected chi connectivity index (χ0v) is 17.7. The Labute approximate surface area is 180 Å². The summed E-state index contributed by atoms with van der Waals surface area (Å²) in [4.78, 5) is 24.8. The van der Waals surface area contributed by atoms with E-state index in [1.165, 1.54) is 23.2 Å². The first-order valence-corrected chi connectivity index (χ1v) is 9.69. The van der Waals surface area contributed by atoms with Gasteiger partial charge in [-0.3, -0.25) is 19.7 Å². The number of nitrogens with zero attached hydrogens (tertiary/aromatic N) is 5. The van der Waals surface area contributed by atoms with E-state index in [0.717, 1.165) is 5.69 Å². The molecule has 1 aromatic heterocycles. The zero-order valence-electron chi connectivity index (χ0n) is 17.7.